The van der Waals surface area contributed by atoms with Crippen molar-refractivity contribution in [1.82, 2.24) is 0 Å². The summed E-state index contributed by atoms with van der Waals surface area (Å²) in [6.45, 7) is 4.67. The summed E-state index contributed by atoms with van der Waals surface area (Å²) in [6.07, 6.45) is 4.77. The van der Waals surface area contributed by atoms with Gasteiger partial charge in [-0.1, -0.05) is 13.0 Å². The molecular weight excluding hydrogens is 454 g/mol. The summed E-state index contributed by atoms with van der Waals surface area (Å²) in [5.41, 5.74) is 2.84. The second-order valence-electron chi connectivity index (χ2n) is 6.90. The van der Waals surface area contributed by atoms with Crippen LogP contribution in [0.1, 0.15) is 59.5 Å². The summed E-state index contributed by atoms with van der Waals surface area (Å²) >= 11 is 5.02. The number of anilines is 1. The van der Waals surface area contributed by atoms with Crippen molar-refractivity contribution in [3.8, 4) is 5.75 Å². The van der Waals surface area contributed by atoms with E-state index in [2.05, 4.69) is 34.2 Å². The third kappa shape index (κ3) is 5.39. The van der Waals surface area contributed by atoms with Gasteiger partial charge in [0.1, 0.15) is 10.8 Å². The normalized spacial score (nSPS) is 12.5. The minimum atomic E-state index is -0.342. The van der Waals surface area contributed by atoms with E-state index in [1.54, 1.807) is 6.92 Å². The number of fused-ring (bicyclic) bond motifs is 1. The smallest absolute Gasteiger partial charge is 0.341 e. The van der Waals surface area contributed by atoms with Crippen LogP contribution in [0.4, 0.5) is 5.00 Å². The van der Waals surface area contributed by atoms with E-state index in [9.17, 15) is 9.59 Å². The van der Waals surface area contributed by atoms with Gasteiger partial charge in [-0.15, -0.1) is 11.3 Å². The number of halogens is 1. The molecular formula is C22H26BrNO4S. The first-order valence-corrected chi connectivity index (χ1v) is 11.7. The molecule has 0 saturated heterocycles. The maximum atomic E-state index is 12.4. The van der Waals surface area contributed by atoms with Crippen LogP contribution >= 0.6 is 27.3 Å². The first kappa shape index (κ1) is 21.8. The van der Waals surface area contributed by atoms with Crippen LogP contribution in [-0.4, -0.2) is 25.1 Å². The van der Waals surface area contributed by atoms with Crippen molar-refractivity contribution >= 4 is 44.1 Å². The van der Waals surface area contributed by atoms with Crippen LogP contribution in [0.5, 0.6) is 5.75 Å². The quantitative estimate of drug-likeness (QED) is 0.378. The average Bonchev–Trinajstić information content (AvgIpc) is 3.26. The van der Waals surface area contributed by atoms with Gasteiger partial charge in [-0.05, 0) is 78.2 Å². The Balaban J connectivity index is 1.53. The molecule has 3 rings (SSSR count). The van der Waals surface area contributed by atoms with Gasteiger partial charge < -0.3 is 14.8 Å². The maximum absolute atomic E-state index is 12.4. The third-order valence-corrected chi connectivity index (χ3v) is 6.69. The lowest BCUT2D eigenvalue weighted by molar-refractivity contribution is -0.116. The number of hydrogen-bond donors (Lipinski definition) is 1. The highest BCUT2D eigenvalue weighted by atomic mass is 79.9. The Hall–Kier alpha value is -1.86. The van der Waals surface area contributed by atoms with E-state index >= 15 is 0 Å². The van der Waals surface area contributed by atoms with Gasteiger partial charge in [0.25, 0.3) is 0 Å². The maximum Gasteiger partial charge on any atom is 0.341 e. The van der Waals surface area contributed by atoms with Gasteiger partial charge in [0.15, 0.2) is 0 Å². The lowest BCUT2D eigenvalue weighted by Crippen LogP contribution is -2.15. The first-order valence-electron chi connectivity index (χ1n) is 10.1. The Bertz CT molecular complexity index is 893. The number of thiophene rings is 1. The number of esters is 1. The highest BCUT2D eigenvalue weighted by molar-refractivity contribution is 9.10. The molecule has 5 nitrogen and oxygen atoms in total. The zero-order valence-corrected chi connectivity index (χ0v) is 19.2. The van der Waals surface area contributed by atoms with E-state index in [0.29, 0.717) is 36.6 Å². The average molecular weight is 480 g/mol. The molecule has 0 spiro atoms. The number of hydrogen-bond acceptors (Lipinski definition) is 5. The van der Waals surface area contributed by atoms with Crippen LogP contribution in [0.25, 0.3) is 0 Å². The lowest BCUT2D eigenvalue weighted by atomic mass is 10.1. The third-order valence-electron chi connectivity index (χ3n) is 4.86. The Kier molecular flexibility index (Phi) is 7.72. The van der Waals surface area contributed by atoms with Crippen molar-refractivity contribution in [2.24, 2.45) is 0 Å². The Morgan fingerprint density at radius 2 is 2.07 bits per heavy atom. The Morgan fingerprint density at radius 1 is 1.24 bits per heavy atom. The van der Waals surface area contributed by atoms with Crippen LogP contribution in [0.2, 0.25) is 0 Å². The number of benzene rings is 1. The molecule has 1 aliphatic carbocycles. The van der Waals surface area contributed by atoms with Gasteiger partial charge in [0.2, 0.25) is 5.91 Å². The predicted molar refractivity (Wildman–Crippen MR) is 119 cm³/mol. The van der Waals surface area contributed by atoms with Crippen molar-refractivity contribution in [3.63, 3.8) is 0 Å². The number of ether oxygens (including phenoxy) is 2. The molecule has 1 aromatic carbocycles. The van der Waals surface area contributed by atoms with E-state index in [0.717, 1.165) is 41.5 Å². The number of nitrogens with one attached hydrogen (secondary N) is 1. The molecule has 1 aliphatic rings. The van der Waals surface area contributed by atoms with Crippen molar-refractivity contribution in [2.45, 2.75) is 52.4 Å². The van der Waals surface area contributed by atoms with Gasteiger partial charge in [-0.25, -0.2) is 4.79 Å². The van der Waals surface area contributed by atoms with Gasteiger partial charge >= 0.3 is 5.97 Å². The van der Waals surface area contributed by atoms with E-state index in [1.165, 1.54) is 21.8 Å². The molecule has 1 heterocycles. The molecule has 1 amide bonds. The fraction of sp³-hybridized carbons (Fsp3) is 0.455. The molecule has 1 aromatic heterocycles. The molecule has 0 bridgehead atoms. The summed E-state index contributed by atoms with van der Waals surface area (Å²) in [5, 5.41) is 3.54. The number of amides is 1. The van der Waals surface area contributed by atoms with Crippen LogP contribution < -0.4 is 10.1 Å². The van der Waals surface area contributed by atoms with Crippen molar-refractivity contribution < 1.29 is 19.1 Å². The fourth-order valence-electron chi connectivity index (χ4n) is 3.40. The summed E-state index contributed by atoms with van der Waals surface area (Å²) in [7, 11) is 0. The zero-order valence-electron chi connectivity index (χ0n) is 16.8. The van der Waals surface area contributed by atoms with E-state index < -0.39 is 0 Å². The molecule has 156 valence electrons. The van der Waals surface area contributed by atoms with E-state index in [1.807, 2.05) is 12.1 Å². The highest BCUT2D eigenvalue weighted by Crippen LogP contribution is 2.39. The molecule has 0 radical (unpaired) electrons. The van der Waals surface area contributed by atoms with Crippen LogP contribution in [0.15, 0.2) is 22.7 Å². The van der Waals surface area contributed by atoms with Crippen molar-refractivity contribution in [2.75, 3.05) is 18.5 Å². The Labute approximate surface area is 183 Å². The molecule has 0 unspecified atom stereocenters. The van der Waals surface area contributed by atoms with Gasteiger partial charge in [-0.3, -0.25) is 4.79 Å². The van der Waals surface area contributed by atoms with Gasteiger partial charge in [0, 0.05) is 11.3 Å². The number of aryl methyl sites for hydroxylation is 2. The van der Waals surface area contributed by atoms with Crippen molar-refractivity contribution in [3.05, 3.63) is 44.2 Å². The minimum Gasteiger partial charge on any atom is -0.492 e. The van der Waals surface area contributed by atoms with E-state index in [4.69, 9.17) is 9.47 Å². The highest BCUT2D eigenvalue weighted by Gasteiger charge is 2.28. The monoisotopic (exact) mass is 479 g/mol. The largest absolute Gasteiger partial charge is 0.492 e. The number of rotatable bonds is 9. The summed E-state index contributed by atoms with van der Waals surface area (Å²) in [4.78, 5) is 26.0. The SMILES string of the molecule is CCOC(=O)c1c(NC(=O)CCCOc2ccc(CC)cc2Br)sc2c1CCC2. The van der Waals surface area contributed by atoms with Crippen molar-refractivity contribution in [1.29, 1.82) is 0 Å². The molecule has 7 heteroatoms. The van der Waals surface area contributed by atoms with Crippen LogP contribution in [0.3, 0.4) is 0 Å². The second kappa shape index (κ2) is 10.3. The second-order valence-corrected chi connectivity index (χ2v) is 8.86. The van der Waals surface area contributed by atoms with E-state index in [-0.39, 0.29) is 11.9 Å². The summed E-state index contributed by atoms with van der Waals surface area (Å²) in [6, 6.07) is 6.04. The van der Waals surface area contributed by atoms with Crippen LogP contribution in [0, 0.1) is 0 Å². The topological polar surface area (TPSA) is 64.6 Å². The van der Waals surface area contributed by atoms with Gasteiger partial charge in [-0.2, -0.15) is 0 Å². The Morgan fingerprint density at radius 3 is 2.79 bits per heavy atom. The fourth-order valence-corrected chi connectivity index (χ4v) is 5.23. The number of carbonyl (C=O) groups is 2. The molecule has 1 N–H and O–H groups in total. The summed E-state index contributed by atoms with van der Waals surface area (Å²) in [5.74, 6) is 0.326. The molecule has 0 aliphatic heterocycles. The molecule has 0 saturated carbocycles. The van der Waals surface area contributed by atoms with Gasteiger partial charge in [0.05, 0.1) is 23.2 Å². The predicted octanol–water partition coefficient (Wildman–Crippen LogP) is 5.54. The molecule has 0 atom stereocenters. The zero-order chi connectivity index (χ0) is 20.8. The standard InChI is InChI=1S/C22H26BrNO4S/c1-3-14-10-11-17(16(23)13-14)28-12-6-9-19(25)24-21-20(22(26)27-4-2)15-7-5-8-18(15)29-21/h10-11,13H,3-9,12H2,1-2H3,(H,24,25). The molecule has 29 heavy (non-hydrogen) atoms. The molecule has 0 fully saturated rings. The number of carbonyl (C=O) groups excluding carboxylic acids is 2. The minimum absolute atomic E-state index is 0.112. The lowest BCUT2D eigenvalue weighted by Gasteiger charge is -2.10. The first-order chi connectivity index (χ1) is 14.0. The summed E-state index contributed by atoms with van der Waals surface area (Å²) < 4.78 is 11.9. The molecule has 2 aromatic rings. The van der Waals surface area contributed by atoms with Crippen LogP contribution in [-0.2, 0) is 28.8 Å².